The number of sulfonamides is 1. The van der Waals surface area contributed by atoms with Gasteiger partial charge in [-0.05, 0) is 44.0 Å². The summed E-state index contributed by atoms with van der Waals surface area (Å²) in [5.74, 6) is -0.198. The van der Waals surface area contributed by atoms with Gasteiger partial charge in [-0.3, -0.25) is 9.52 Å². The van der Waals surface area contributed by atoms with Crippen molar-refractivity contribution >= 4 is 38.6 Å². The molecule has 0 aliphatic rings. The SMILES string of the molecule is CCCCc1nc(C)c(C(=O)Nc2ccc(NS(C)(=O)=O)cc2)s1. The number of anilines is 2. The number of thiazole rings is 1. The second-order valence-electron chi connectivity index (χ2n) is 5.53. The quantitative estimate of drug-likeness (QED) is 0.785. The molecule has 1 amide bonds. The predicted molar refractivity (Wildman–Crippen MR) is 98.3 cm³/mol. The van der Waals surface area contributed by atoms with Crippen LogP contribution in [0.3, 0.4) is 0 Å². The fraction of sp³-hybridized carbons (Fsp3) is 0.375. The maximum atomic E-state index is 12.4. The van der Waals surface area contributed by atoms with Gasteiger partial charge in [0, 0.05) is 11.4 Å². The number of nitrogens with zero attached hydrogens (tertiary/aromatic N) is 1. The van der Waals surface area contributed by atoms with Gasteiger partial charge in [0.2, 0.25) is 10.0 Å². The Labute approximate surface area is 146 Å². The molecule has 0 atom stereocenters. The van der Waals surface area contributed by atoms with E-state index < -0.39 is 10.0 Å². The molecule has 0 radical (unpaired) electrons. The normalized spacial score (nSPS) is 11.3. The minimum absolute atomic E-state index is 0.198. The van der Waals surface area contributed by atoms with Gasteiger partial charge < -0.3 is 5.32 Å². The van der Waals surface area contributed by atoms with E-state index in [1.807, 2.05) is 6.92 Å². The molecule has 0 aliphatic carbocycles. The van der Waals surface area contributed by atoms with Crippen LogP contribution in [0.5, 0.6) is 0 Å². The zero-order chi connectivity index (χ0) is 17.7. The molecular formula is C16H21N3O3S2. The van der Waals surface area contributed by atoms with Gasteiger partial charge in [0.25, 0.3) is 5.91 Å². The third-order valence-corrected chi connectivity index (χ3v) is 5.06. The average molecular weight is 367 g/mol. The summed E-state index contributed by atoms with van der Waals surface area (Å²) in [7, 11) is -3.31. The lowest BCUT2D eigenvalue weighted by atomic mass is 10.2. The van der Waals surface area contributed by atoms with Crippen LogP contribution in [0.25, 0.3) is 0 Å². The van der Waals surface area contributed by atoms with Gasteiger partial charge in [0.15, 0.2) is 0 Å². The van der Waals surface area contributed by atoms with Gasteiger partial charge >= 0.3 is 0 Å². The van der Waals surface area contributed by atoms with Crippen molar-refractivity contribution in [2.75, 3.05) is 16.3 Å². The molecule has 0 bridgehead atoms. The molecule has 1 aromatic carbocycles. The number of hydrogen-bond acceptors (Lipinski definition) is 5. The van der Waals surface area contributed by atoms with Crippen molar-refractivity contribution in [2.45, 2.75) is 33.1 Å². The molecule has 0 aliphatic heterocycles. The Balaban J connectivity index is 2.05. The minimum atomic E-state index is -3.31. The van der Waals surface area contributed by atoms with E-state index >= 15 is 0 Å². The van der Waals surface area contributed by atoms with E-state index in [0.717, 1.165) is 36.2 Å². The first kappa shape index (κ1) is 18.4. The fourth-order valence-electron chi connectivity index (χ4n) is 2.12. The number of carbonyl (C=O) groups is 1. The monoisotopic (exact) mass is 367 g/mol. The minimum Gasteiger partial charge on any atom is -0.321 e. The molecule has 6 nitrogen and oxygen atoms in total. The van der Waals surface area contributed by atoms with E-state index in [2.05, 4.69) is 21.9 Å². The zero-order valence-electron chi connectivity index (χ0n) is 13.9. The highest BCUT2D eigenvalue weighted by Gasteiger charge is 2.15. The number of nitrogens with one attached hydrogen (secondary N) is 2. The Hall–Kier alpha value is -1.93. The Morgan fingerprint density at radius 3 is 2.42 bits per heavy atom. The van der Waals surface area contributed by atoms with E-state index in [4.69, 9.17) is 0 Å². The highest BCUT2D eigenvalue weighted by molar-refractivity contribution is 7.92. The summed E-state index contributed by atoms with van der Waals surface area (Å²) in [6.45, 7) is 3.95. The molecule has 0 spiro atoms. The van der Waals surface area contributed by atoms with Crippen molar-refractivity contribution in [3.05, 3.63) is 39.8 Å². The van der Waals surface area contributed by atoms with Crippen molar-refractivity contribution in [3.8, 4) is 0 Å². The maximum absolute atomic E-state index is 12.4. The molecule has 0 saturated carbocycles. The van der Waals surface area contributed by atoms with Gasteiger partial charge in [0.05, 0.1) is 17.0 Å². The number of hydrogen-bond donors (Lipinski definition) is 2. The third kappa shape index (κ3) is 5.31. The van der Waals surface area contributed by atoms with Crippen LogP contribution in [0.1, 0.15) is 40.1 Å². The highest BCUT2D eigenvalue weighted by Crippen LogP contribution is 2.22. The van der Waals surface area contributed by atoms with E-state index in [9.17, 15) is 13.2 Å². The summed E-state index contributed by atoms with van der Waals surface area (Å²) in [5, 5.41) is 3.79. The van der Waals surface area contributed by atoms with Crippen LogP contribution in [0.4, 0.5) is 11.4 Å². The average Bonchev–Trinajstić information content (AvgIpc) is 2.87. The van der Waals surface area contributed by atoms with Gasteiger partial charge in [-0.1, -0.05) is 13.3 Å². The van der Waals surface area contributed by atoms with E-state index in [0.29, 0.717) is 16.3 Å². The summed E-state index contributed by atoms with van der Waals surface area (Å²) in [6, 6.07) is 6.51. The Morgan fingerprint density at radius 2 is 1.83 bits per heavy atom. The second kappa shape index (κ2) is 7.76. The number of amides is 1. The van der Waals surface area contributed by atoms with Gasteiger partial charge in [-0.2, -0.15) is 0 Å². The number of unbranched alkanes of at least 4 members (excludes halogenated alkanes) is 1. The van der Waals surface area contributed by atoms with Crippen molar-refractivity contribution < 1.29 is 13.2 Å². The van der Waals surface area contributed by atoms with E-state index in [1.54, 1.807) is 24.3 Å². The fourth-order valence-corrected chi connectivity index (χ4v) is 3.69. The summed E-state index contributed by atoms with van der Waals surface area (Å²) < 4.78 is 24.7. The maximum Gasteiger partial charge on any atom is 0.267 e. The lowest BCUT2D eigenvalue weighted by Gasteiger charge is -2.07. The van der Waals surface area contributed by atoms with Crippen LogP contribution in [0.15, 0.2) is 24.3 Å². The summed E-state index contributed by atoms with van der Waals surface area (Å²) in [6.07, 6.45) is 4.13. The second-order valence-corrected chi connectivity index (χ2v) is 8.36. The molecule has 1 aromatic heterocycles. The van der Waals surface area contributed by atoms with Crippen LogP contribution in [-0.4, -0.2) is 25.6 Å². The number of aromatic nitrogens is 1. The standard InChI is InChI=1S/C16H21N3O3S2/c1-4-5-6-14-17-11(2)15(23-14)16(20)18-12-7-9-13(10-8-12)19-24(3,21)22/h7-10,19H,4-6H2,1-3H3,(H,18,20). The molecule has 2 rings (SSSR count). The molecule has 130 valence electrons. The third-order valence-electron chi connectivity index (χ3n) is 3.24. The zero-order valence-corrected chi connectivity index (χ0v) is 15.6. The largest absolute Gasteiger partial charge is 0.321 e. The Kier molecular flexibility index (Phi) is 5.95. The first-order valence-electron chi connectivity index (χ1n) is 7.64. The molecule has 2 aromatic rings. The molecule has 2 N–H and O–H groups in total. The van der Waals surface area contributed by atoms with Crippen LogP contribution >= 0.6 is 11.3 Å². The van der Waals surface area contributed by atoms with Crippen molar-refractivity contribution in [2.24, 2.45) is 0 Å². The Bertz CT molecular complexity index is 812. The molecule has 24 heavy (non-hydrogen) atoms. The van der Waals surface area contributed by atoms with E-state index in [1.165, 1.54) is 11.3 Å². The summed E-state index contributed by atoms with van der Waals surface area (Å²) in [5.41, 5.74) is 1.78. The summed E-state index contributed by atoms with van der Waals surface area (Å²) >= 11 is 1.42. The molecule has 0 fully saturated rings. The lowest BCUT2D eigenvalue weighted by Crippen LogP contribution is -2.12. The van der Waals surface area contributed by atoms with Gasteiger partial charge in [0.1, 0.15) is 4.88 Å². The number of rotatable bonds is 7. The van der Waals surface area contributed by atoms with Gasteiger partial charge in [-0.25, -0.2) is 13.4 Å². The molecule has 1 heterocycles. The number of benzene rings is 1. The first-order chi connectivity index (χ1) is 11.3. The topological polar surface area (TPSA) is 88.2 Å². The van der Waals surface area contributed by atoms with Crippen LogP contribution in [-0.2, 0) is 16.4 Å². The van der Waals surface area contributed by atoms with Crippen LogP contribution in [0, 0.1) is 6.92 Å². The highest BCUT2D eigenvalue weighted by atomic mass is 32.2. The molecule has 0 unspecified atom stereocenters. The molecule has 8 heteroatoms. The molecular weight excluding hydrogens is 346 g/mol. The Morgan fingerprint density at radius 1 is 1.21 bits per heavy atom. The van der Waals surface area contributed by atoms with Crippen molar-refractivity contribution in [3.63, 3.8) is 0 Å². The first-order valence-corrected chi connectivity index (χ1v) is 10.3. The van der Waals surface area contributed by atoms with Gasteiger partial charge in [-0.15, -0.1) is 11.3 Å². The predicted octanol–water partition coefficient (Wildman–Crippen LogP) is 3.42. The molecule has 0 saturated heterocycles. The summed E-state index contributed by atoms with van der Waals surface area (Å²) in [4.78, 5) is 17.4. The lowest BCUT2D eigenvalue weighted by molar-refractivity contribution is 0.103. The van der Waals surface area contributed by atoms with Crippen molar-refractivity contribution in [1.29, 1.82) is 0 Å². The van der Waals surface area contributed by atoms with Crippen LogP contribution in [0.2, 0.25) is 0 Å². The van der Waals surface area contributed by atoms with Crippen LogP contribution < -0.4 is 10.0 Å². The smallest absolute Gasteiger partial charge is 0.267 e. The number of aryl methyl sites for hydroxylation is 2. The number of carbonyl (C=O) groups excluding carboxylic acids is 1. The van der Waals surface area contributed by atoms with E-state index in [-0.39, 0.29) is 5.91 Å². The van der Waals surface area contributed by atoms with Crippen molar-refractivity contribution in [1.82, 2.24) is 4.98 Å².